The van der Waals surface area contributed by atoms with Crippen LogP contribution in [0.5, 0.6) is 0 Å². The summed E-state index contributed by atoms with van der Waals surface area (Å²) in [6.07, 6.45) is 0. The summed E-state index contributed by atoms with van der Waals surface area (Å²) in [5.74, 6) is -0.383. The van der Waals surface area contributed by atoms with Crippen molar-refractivity contribution in [1.29, 1.82) is 0 Å². The van der Waals surface area contributed by atoms with Crippen molar-refractivity contribution in [2.75, 3.05) is 51.7 Å². The highest BCUT2D eigenvalue weighted by atomic mass is 16.5. The zero-order chi connectivity index (χ0) is 15.9. The molecule has 1 fully saturated rings. The van der Waals surface area contributed by atoms with Gasteiger partial charge in [-0.3, -0.25) is 9.69 Å². The molecule has 0 unspecified atom stereocenters. The van der Waals surface area contributed by atoms with Crippen LogP contribution >= 0.6 is 0 Å². The molecule has 1 saturated heterocycles. The van der Waals surface area contributed by atoms with Gasteiger partial charge in [-0.1, -0.05) is 0 Å². The van der Waals surface area contributed by atoms with Crippen molar-refractivity contribution in [3.05, 3.63) is 29.8 Å². The van der Waals surface area contributed by atoms with E-state index in [1.807, 2.05) is 0 Å². The summed E-state index contributed by atoms with van der Waals surface area (Å²) in [6, 6.07) is 6.75. The summed E-state index contributed by atoms with van der Waals surface area (Å²) < 4.78 is 4.92. The molecule has 1 heterocycles. The van der Waals surface area contributed by atoms with Gasteiger partial charge in [0.25, 0.3) is 0 Å². The number of ether oxygens (including phenoxy) is 1. The lowest BCUT2D eigenvalue weighted by Crippen LogP contribution is -2.47. The van der Waals surface area contributed by atoms with E-state index in [9.17, 15) is 9.59 Å². The van der Waals surface area contributed by atoms with Crippen LogP contribution in [0, 0.1) is 0 Å². The molecule has 1 aromatic carbocycles. The van der Waals surface area contributed by atoms with E-state index in [1.54, 1.807) is 31.2 Å². The molecule has 2 rings (SSSR count). The zero-order valence-electron chi connectivity index (χ0n) is 13.2. The van der Waals surface area contributed by atoms with Crippen LogP contribution in [-0.2, 0) is 9.53 Å². The average Bonchev–Trinajstić information content (AvgIpc) is 2.50. The lowest BCUT2D eigenvalue weighted by molar-refractivity contribution is -0.117. The number of carbonyl (C=O) groups is 2. The largest absolute Gasteiger partial charge is 0.462 e. The summed E-state index contributed by atoms with van der Waals surface area (Å²) in [6.45, 7) is 6.31. The molecule has 0 saturated carbocycles. The minimum absolute atomic E-state index is 0.0339. The molecule has 1 aliphatic rings. The molecule has 6 heteroatoms. The SMILES string of the molecule is CCOC(=O)c1ccc(NC(=O)CN2CCN(C)CC2)cc1. The van der Waals surface area contributed by atoms with Gasteiger partial charge in [0.2, 0.25) is 5.91 Å². The molecule has 120 valence electrons. The maximum atomic E-state index is 12.0. The Hall–Kier alpha value is -1.92. The van der Waals surface area contributed by atoms with Crippen molar-refractivity contribution < 1.29 is 14.3 Å². The fourth-order valence-corrected chi connectivity index (χ4v) is 2.31. The van der Waals surface area contributed by atoms with Crippen LogP contribution < -0.4 is 5.32 Å². The number of rotatable bonds is 5. The van der Waals surface area contributed by atoms with E-state index in [1.165, 1.54) is 0 Å². The number of likely N-dealkylation sites (N-methyl/N-ethyl adjacent to an activating group) is 1. The maximum absolute atomic E-state index is 12.0. The molecule has 22 heavy (non-hydrogen) atoms. The number of hydrogen-bond donors (Lipinski definition) is 1. The van der Waals surface area contributed by atoms with Gasteiger partial charge in [-0.05, 0) is 38.2 Å². The lowest BCUT2D eigenvalue weighted by atomic mass is 10.2. The minimum atomic E-state index is -0.349. The molecule has 1 aromatic rings. The van der Waals surface area contributed by atoms with E-state index < -0.39 is 0 Å². The first-order valence-electron chi connectivity index (χ1n) is 7.56. The van der Waals surface area contributed by atoms with Crippen LogP contribution in [0.2, 0.25) is 0 Å². The third kappa shape index (κ3) is 4.82. The topological polar surface area (TPSA) is 61.9 Å². The minimum Gasteiger partial charge on any atom is -0.462 e. The molecule has 0 bridgehead atoms. The highest BCUT2D eigenvalue weighted by molar-refractivity contribution is 5.94. The summed E-state index contributed by atoms with van der Waals surface area (Å²) in [7, 11) is 2.09. The van der Waals surface area contributed by atoms with E-state index in [2.05, 4.69) is 22.2 Å². The second-order valence-corrected chi connectivity index (χ2v) is 5.43. The Morgan fingerprint density at radius 2 is 1.77 bits per heavy atom. The molecule has 0 spiro atoms. The van der Waals surface area contributed by atoms with Crippen LogP contribution in [0.3, 0.4) is 0 Å². The molecule has 0 atom stereocenters. The van der Waals surface area contributed by atoms with Crippen LogP contribution in [0.4, 0.5) is 5.69 Å². The summed E-state index contributed by atoms with van der Waals surface area (Å²) >= 11 is 0. The maximum Gasteiger partial charge on any atom is 0.338 e. The first kappa shape index (κ1) is 16.5. The van der Waals surface area contributed by atoms with E-state index in [0.717, 1.165) is 26.2 Å². The first-order chi connectivity index (χ1) is 10.6. The Labute approximate surface area is 131 Å². The normalized spacial score (nSPS) is 16.3. The third-order valence-electron chi connectivity index (χ3n) is 3.64. The lowest BCUT2D eigenvalue weighted by Gasteiger charge is -2.31. The number of amides is 1. The predicted molar refractivity (Wildman–Crippen MR) is 85.0 cm³/mol. The number of nitrogens with zero attached hydrogens (tertiary/aromatic N) is 2. The van der Waals surface area contributed by atoms with Gasteiger partial charge in [0.15, 0.2) is 0 Å². The van der Waals surface area contributed by atoms with Crippen molar-refractivity contribution in [2.45, 2.75) is 6.92 Å². The van der Waals surface area contributed by atoms with Gasteiger partial charge in [0.05, 0.1) is 18.7 Å². The number of carbonyl (C=O) groups excluding carboxylic acids is 2. The second kappa shape index (κ2) is 7.91. The Morgan fingerprint density at radius 1 is 1.14 bits per heavy atom. The fourth-order valence-electron chi connectivity index (χ4n) is 2.31. The Kier molecular flexibility index (Phi) is 5.91. The van der Waals surface area contributed by atoms with E-state index in [0.29, 0.717) is 24.4 Å². The molecular formula is C16H23N3O3. The van der Waals surface area contributed by atoms with E-state index >= 15 is 0 Å². The first-order valence-corrected chi connectivity index (χ1v) is 7.56. The summed E-state index contributed by atoms with van der Waals surface area (Å²) in [5.41, 5.74) is 1.17. The molecular weight excluding hydrogens is 282 g/mol. The predicted octanol–water partition coefficient (Wildman–Crippen LogP) is 1.05. The van der Waals surface area contributed by atoms with Crippen LogP contribution in [-0.4, -0.2) is 68.1 Å². The Bertz CT molecular complexity index is 508. The van der Waals surface area contributed by atoms with Gasteiger partial charge in [0, 0.05) is 31.9 Å². The standard InChI is InChI=1S/C16H23N3O3/c1-3-22-16(21)13-4-6-14(7-5-13)17-15(20)12-19-10-8-18(2)9-11-19/h4-7H,3,8-12H2,1-2H3,(H,17,20). The van der Waals surface area contributed by atoms with Gasteiger partial charge in [-0.15, -0.1) is 0 Å². The number of esters is 1. The number of nitrogens with one attached hydrogen (secondary N) is 1. The molecule has 0 radical (unpaired) electrons. The van der Waals surface area contributed by atoms with Crippen molar-refractivity contribution >= 4 is 17.6 Å². The molecule has 1 aliphatic heterocycles. The van der Waals surface area contributed by atoms with Crippen LogP contribution in [0.15, 0.2) is 24.3 Å². The monoisotopic (exact) mass is 305 g/mol. The smallest absolute Gasteiger partial charge is 0.338 e. The number of hydrogen-bond acceptors (Lipinski definition) is 5. The highest BCUT2D eigenvalue weighted by Gasteiger charge is 2.16. The molecule has 0 aliphatic carbocycles. The van der Waals surface area contributed by atoms with Crippen LogP contribution in [0.1, 0.15) is 17.3 Å². The molecule has 6 nitrogen and oxygen atoms in total. The summed E-state index contributed by atoms with van der Waals surface area (Å²) in [4.78, 5) is 28.0. The molecule has 1 amide bonds. The average molecular weight is 305 g/mol. The Morgan fingerprint density at radius 3 is 2.36 bits per heavy atom. The third-order valence-corrected chi connectivity index (χ3v) is 3.64. The van der Waals surface area contributed by atoms with Crippen molar-refractivity contribution in [1.82, 2.24) is 9.80 Å². The quantitative estimate of drug-likeness (QED) is 0.824. The fraction of sp³-hybridized carbons (Fsp3) is 0.500. The van der Waals surface area contributed by atoms with Gasteiger partial charge >= 0.3 is 5.97 Å². The Balaban J connectivity index is 1.82. The number of piperazine rings is 1. The second-order valence-electron chi connectivity index (χ2n) is 5.43. The van der Waals surface area contributed by atoms with E-state index in [-0.39, 0.29) is 11.9 Å². The van der Waals surface area contributed by atoms with Crippen molar-refractivity contribution in [3.8, 4) is 0 Å². The summed E-state index contributed by atoms with van der Waals surface area (Å²) in [5, 5.41) is 2.85. The van der Waals surface area contributed by atoms with E-state index in [4.69, 9.17) is 4.74 Å². The van der Waals surface area contributed by atoms with Crippen molar-refractivity contribution in [2.24, 2.45) is 0 Å². The number of anilines is 1. The van der Waals surface area contributed by atoms with Crippen molar-refractivity contribution in [3.63, 3.8) is 0 Å². The molecule has 1 N–H and O–H groups in total. The zero-order valence-corrected chi connectivity index (χ0v) is 13.2. The van der Waals surface area contributed by atoms with Gasteiger partial charge < -0.3 is 15.0 Å². The molecule has 0 aromatic heterocycles. The van der Waals surface area contributed by atoms with Gasteiger partial charge in [-0.2, -0.15) is 0 Å². The number of benzene rings is 1. The highest BCUT2D eigenvalue weighted by Crippen LogP contribution is 2.11. The van der Waals surface area contributed by atoms with Gasteiger partial charge in [-0.25, -0.2) is 4.79 Å². The van der Waals surface area contributed by atoms with Gasteiger partial charge in [0.1, 0.15) is 0 Å². The van der Waals surface area contributed by atoms with Crippen LogP contribution in [0.25, 0.3) is 0 Å².